The Morgan fingerprint density at radius 3 is 2.40 bits per heavy atom. The zero-order chi connectivity index (χ0) is 20.8. The van der Waals surface area contributed by atoms with Gasteiger partial charge in [-0.1, -0.05) is 12.1 Å². The van der Waals surface area contributed by atoms with Gasteiger partial charge in [0.25, 0.3) is 5.56 Å². The first kappa shape index (κ1) is 20.2. The molecule has 5 nitrogen and oxygen atoms in total. The van der Waals surface area contributed by atoms with Crippen molar-refractivity contribution in [3.63, 3.8) is 0 Å². The van der Waals surface area contributed by atoms with Crippen molar-refractivity contribution in [1.29, 1.82) is 0 Å². The molecule has 0 saturated carbocycles. The number of hydrogen-bond donors (Lipinski definition) is 1. The number of nitrogens with one attached hydrogen (secondary N) is 1. The van der Waals surface area contributed by atoms with E-state index in [4.69, 9.17) is 4.74 Å². The van der Waals surface area contributed by atoms with E-state index in [0.717, 1.165) is 30.0 Å². The van der Waals surface area contributed by atoms with Crippen LogP contribution in [-0.4, -0.2) is 35.6 Å². The molecule has 6 heteroatoms. The molecule has 1 aromatic heterocycles. The Morgan fingerprint density at radius 2 is 1.70 bits per heavy atom. The number of halogens is 1. The van der Waals surface area contributed by atoms with Crippen LogP contribution in [-0.2, 0) is 6.61 Å². The molecule has 1 saturated heterocycles. The molecule has 30 heavy (non-hydrogen) atoms. The van der Waals surface area contributed by atoms with Crippen LogP contribution < -0.4 is 15.6 Å². The van der Waals surface area contributed by atoms with Gasteiger partial charge < -0.3 is 15.0 Å². The molecular weight excluding hydrogens is 381 g/mol. The van der Waals surface area contributed by atoms with Crippen molar-refractivity contribution in [3.8, 4) is 11.4 Å². The van der Waals surface area contributed by atoms with Crippen LogP contribution >= 0.6 is 0 Å². The molecule has 0 spiro atoms. The third-order valence-electron chi connectivity index (χ3n) is 5.31. The summed E-state index contributed by atoms with van der Waals surface area (Å²) in [7, 11) is 0. The van der Waals surface area contributed by atoms with E-state index in [-0.39, 0.29) is 18.0 Å². The fourth-order valence-electron chi connectivity index (χ4n) is 3.62. The van der Waals surface area contributed by atoms with Gasteiger partial charge in [-0.2, -0.15) is 0 Å². The van der Waals surface area contributed by atoms with Gasteiger partial charge in [0.2, 0.25) is 0 Å². The summed E-state index contributed by atoms with van der Waals surface area (Å²) in [6, 6.07) is 17.2. The van der Waals surface area contributed by atoms with Crippen LogP contribution in [0.3, 0.4) is 0 Å². The van der Waals surface area contributed by atoms with E-state index in [0.29, 0.717) is 5.75 Å². The second-order valence-corrected chi connectivity index (χ2v) is 7.51. The Kier molecular flexibility index (Phi) is 6.44. The first-order valence-corrected chi connectivity index (χ1v) is 10.3. The highest BCUT2D eigenvalue weighted by Gasteiger charge is 2.10. The van der Waals surface area contributed by atoms with Crippen molar-refractivity contribution in [2.45, 2.75) is 19.4 Å². The lowest BCUT2D eigenvalue weighted by Crippen LogP contribution is -2.25. The van der Waals surface area contributed by atoms with Crippen molar-refractivity contribution in [3.05, 3.63) is 88.6 Å². The van der Waals surface area contributed by atoms with Gasteiger partial charge >= 0.3 is 0 Å². The lowest BCUT2D eigenvalue weighted by Gasteiger charge is -2.15. The number of likely N-dealkylation sites (tertiary alicyclic amines) is 1. The zero-order valence-corrected chi connectivity index (χ0v) is 16.9. The van der Waals surface area contributed by atoms with Gasteiger partial charge in [0, 0.05) is 36.7 Å². The van der Waals surface area contributed by atoms with E-state index in [2.05, 4.69) is 10.2 Å². The maximum absolute atomic E-state index is 13.0. The maximum atomic E-state index is 13.0. The highest BCUT2D eigenvalue weighted by Crippen LogP contribution is 2.15. The minimum Gasteiger partial charge on any atom is -0.489 e. The van der Waals surface area contributed by atoms with Crippen molar-refractivity contribution < 1.29 is 9.13 Å². The second kappa shape index (κ2) is 9.59. The Hall–Kier alpha value is -3.12. The number of pyridine rings is 1. The highest BCUT2D eigenvalue weighted by molar-refractivity contribution is 5.49. The lowest BCUT2D eigenvalue weighted by atomic mass is 10.2. The third-order valence-corrected chi connectivity index (χ3v) is 5.31. The van der Waals surface area contributed by atoms with Crippen LogP contribution in [0.15, 0.2) is 71.7 Å². The maximum Gasteiger partial charge on any atom is 0.258 e. The molecule has 2 heterocycles. The van der Waals surface area contributed by atoms with E-state index < -0.39 is 0 Å². The lowest BCUT2D eigenvalue weighted by molar-refractivity contribution is 0.305. The smallest absolute Gasteiger partial charge is 0.258 e. The molecule has 2 aromatic carbocycles. The van der Waals surface area contributed by atoms with Gasteiger partial charge in [-0.25, -0.2) is 4.39 Å². The number of aromatic nitrogens is 1. The summed E-state index contributed by atoms with van der Waals surface area (Å²) in [6.07, 6.45) is 4.32. The number of anilines is 1. The summed E-state index contributed by atoms with van der Waals surface area (Å²) in [6.45, 7) is 4.65. The van der Waals surface area contributed by atoms with Crippen molar-refractivity contribution >= 4 is 5.69 Å². The van der Waals surface area contributed by atoms with Gasteiger partial charge in [0.1, 0.15) is 18.2 Å². The normalized spacial score (nSPS) is 14.0. The largest absolute Gasteiger partial charge is 0.489 e. The zero-order valence-electron chi connectivity index (χ0n) is 16.9. The molecule has 1 aliphatic heterocycles. The monoisotopic (exact) mass is 407 g/mol. The molecule has 4 rings (SSSR count). The average molecular weight is 407 g/mol. The second-order valence-electron chi connectivity index (χ2n) is 7.51. The minimum atomic E-state index is -0.283. The van der Waals surface area contributed by atoms with E-state index in [1.807, 2.05) is 24.3 Å². The van der Waals surface area contributed by atoms with Gasteiger partial charge in [0.05, 0.1) is 0 Å². The highest BCUT2D eigenvalue weighted by atomic mass is 19.1. The third kappa shape index (κ3) is 5.27. The summed E-state index contributed by atoms with van der Waals surface area (Å²) < 4.78 is 20.2. The van der Waals surface area contributed by atoms with E-state index >= 15 is 0 Å². The van der Waals surface area contributed by atoms with E-state index in [9.17, 15) is 9.18 Å². The number of rotatable bonds is 8. The first-order valence-electron chi connectivity index (χ1n) is 10.3. The predicted molar refractivity (Wildman–Crippen MR) is 117 cm³/mol. The molecule has 0 bridgehead atoms. The molecule has 0 aliphatic carbocycles. The summed E-state index contributed by atoms with van der Waals surface area (Å²) in [5.41, 5.74) is 2.52. The molecule has 0 atom stereocenters. The molecular formula is C24H26FN3O2. The average Bonchev–Trinajstić information content (AvgIpc) is 3.28. The van der Waals surface area contributed by atoms with Crippen LogP contribution in [0.25, 0.3) is 5.69 Å². The Morgan fingerprint density at radius 1 is 0.967 bits per heavy atom. The molecule has 1 aliphatic rings. The number of ether oxygens (including phenoxy) is 1. The fraction of sp³-hybridized carbons (Fsp3) is 0.292. The van der Waals surface area contributed by atoms with E-state index in [1.165, 1.54) is 44.1 Å². The summed E-state index contributed by atoms with van der Waals surface area (Å²) >= 11 is 0. The molecule has 156 valence electrons. The van der Waals surface area contributed by atoms with Crippen molar-refractivity contribution in [2.24, 2.45) is 0 Å². The van der Waals surface area contributed by atoms with Crippen molar-refractivity contribution in [1.82, 2.24) is 9.47 Å². The molecule has 1 N–H and O–H groups in total. The minimum absolute atomic E-state index is 0.165. The topological polar surface area (TPSA) is 46.5 Å². The fourth-order valence-corrected chi connectivity index (χ4v) is 3.62. The molecule has 0 radical (unpaired) electrons. The first-order chi connectivity index (χ1) is 14.7. The van der Waals surface area contributed by atoms with Gasteiger partial charge in [-0.3, -0.25) is 9.36 Å². The van der Waals surface area contributed by atoms with Crippen LogP contribution in [0.4, 0.5) is 10.1 Å². The summed E-state index contributed by atoms with van der Waals surface area (Å²) in [5, 5.41) is 3.44. The van der Waals surface area contributed by atoms with Crippen molar-refractivity contribution in [2.75, 3.05) is 31.5 Å². The predicted octanol–water partition coefficient (Wildman–Crippen LogP) is 4.06. The van der Waals surface area contributed by atoms with Gasteiger partial charge in [0.15, 0.2) is 0 Å². The van der Waals surface area contributed by atoms with E-state index in [1.54, 1.807) is 29.0 Å². The molecule has 1 fully saturated rings. The standard InChI is InChI=1S/C24H26FN3O2/c25-20-5-3-19(4-6-20)18-30-23-11-15-28(24(29)17-23)22-9-7-21(8-10-22)26-12-16-27-13-1-2-14-27/h3-11,15,17,26H,1-2,12-14,16,18H2. The number of benzene rings is 2. The Bertz CT molecular complexity index is 1010. The number of nitrogens with zero attached hydrogens (tertiary/aromatic N) is 2. The Balaban J connectivity index is 1.34. The summed E-state index contributed by atoms with van der Waals surface area (Å²) in [4.78, 5) is 15.0. The molecule has 0 unspecified atom stereocenters. The van der Waals surface area contributed by atoms with Gasteiger partial charge in [-0.05, 0) is 74.0 Å². The quantitative estimate of drug-likeness (QED) is 0.612. The molecule has 3 aromatic rings. The number of hydrogen-bond acceptors (Lipinski definition) is 4. The van der Waals surface area contributed by atoms with Crippen LogP contribution in [0, 0.1) is 5.82 Å². The van der Waals surface area contributed by atoms with Gasteiger partial charge in [-0.15, -0.1) is 0 Å². The summed E-state index contributed by atoms with van der Waals surface area (Å²) in [5.74, 6) is 0.204. The van der Waals surface area contributed by atoms with Crippen LogP contribution in [0.5, 0.6) is 5.75 Å². The van der Waals surface area contributed by atoms with Crippen LogP contribution in [0.1, 0.15) is 18.4 Å². The Labute approximate surface area is 175 Å². The van der Waals surface area contributed by atoms with Crippen LogP contribution in [0.2, 0.25) is 0 Å². The SMILES string of the molecule is O=c1cc(OCc2ccc(F)cc2)ccn1-c1ccc(NCCN2CCCC2)cc1. The molecule has 0 amide bonds.